The molecule has 1 fully saturated rings. The molecule has 1 saturated heterocycles. The first-order chi connectivity index (χ1) is 13.1. The van der Waals surface area contributed by atoms with Crippen molar-refractivity contribution in [2.24, 2.45) is 0 Å². The molecule has 0 radical (unpaired) electrons. The first-order valence-corrected chi connectivity index (χ1v) is 11.2. The van der Waals surface area contributed by atoms with E-state index in [2.05, 4.69) is 10.6 Å². The third-order valence-electron chi connectivity index (χ3n) is 5.12. The van der Waals surface area contributed by atoms with Gasteiger partial charge in [-0.25, -0.2) is 8.42 Å². The highest BCUT2D eigenvalue weighted by Crippen LogP contribution is 2.30. The summed E-state index contributed by atoms with van der Waals surface area (Å²) in [6.07, 6.45) is 2.24. The highest BCUT2D eigenvalue weighted by molar-refractivity contribution is 7.89. The molecule has 0 spiro atoms. The lowest BCUT2D eigenvalue weighted by Gasteiger charge is -2.25. The predicted molar refractivity (Wildman–Crippen MR) is 111 cm³/mol. The largest absolute Gasteiger partial charge is 0.382 e. The van der Waals surface area contributed by atoms with Crippen LogP contribution in [0.15, 0.2) is 53.4 Å². The Morgan fingerprint density at radius 3 is 2.26 bits per heavy atom. The van der Waals surface area contributed by atoms with Crippen molar-refractivity contribution in [2.75, 3.05) is 31.5 Å². The van der Waals surface area contributed by atoms with Crippen LogP contribution in [0.3, 0.4) is 0 Å². The quantitative estimate of drug-likeness (QED) is 0.763. The number of nitrogens with one attached hydrogen (secondary N) is 2. The Balaban J connectivity index is 1.86. The SMILES string of the molecule is CCN(CC)S(=O)(=O)c1ccccc1-c1ccc(NC2CCNCC2)cc1. The van der Waals surface area contributed by atoms with Crippen LogP contribution >= 0.6 is 0 Å². The van der Waals surface area contributed by atoms with Crippen LogP contribution in [0.4, 0.5) is 5.69 Å². The maximum atomic E-state index is 13.0. The summed E-state index contributed by atoms with van der Waals surface area (Å²) in [4.78, 5) is 0.368. The zero-order valence-electron chi connectivity index (χ0n) is 16.1. The fourth-order valence-corrected chi connectivity index (χ4v) is 5.25. The Bertz CT molecular complexity index is 840. The van der Waals surface area contributed by atoms with Crippen molar-refractivity contribution in [3.63, 3.8) is 0 Å². The minimum Gasteiger partial charge on any atom is -0.382 e. The van der Waals surface area contributed by atoms with Gasteiger partial charge in [-0.1, -0.05) is 44.2 Å². The van der Waals surface area contributed by atoms with Crippen LogP contribution in [0, 0.1) is 0 Å². The lowest BCUT2D eigenvalue weighted by molar-refractivity contribution is 0.445. The molecule has 0 amide bonds. The predicted octanol–water partition coefficient (Wildman–Crippen LogP) is 3.55. The van der Waals surface area contributed by atoms with E-state index >= 15 is 0 Å². The molecule has 3 rings (SSSR count). The van der Waals surface area contributed by atoms with Crippen molar-refractivity contribution >= 4 is 15.7 Å². The van der Waals surface area contributed by atoms with E-state index in [1.54, 1.807) is 12.1 Å². The second-order valence-corrected chi connectivity index (χ2v) is 8.74. The number of hydrogen-bond acceptors (Lipinski definition) is 4. The van der Waals surface area contributed by atoms with Crippen LogP contribution < -0.4 is 10.6 Å². The van der Waals surface area contributed by atoms with Gasteiger partial charge in [0, 0.05) is 30.4 Å². The van der Waals surface area contributed by atoms with Crippen LogP contribution in [0.1, 0.15) is 26.7 Å². The Hall–Kier alpha value is -1.89. The number of hydrogen-bond donors (Lipinski definition) is 2. The van der Waals surface area contributed by atoms with Crippen LogP contribution in [0.5, 0.6) is 0 Å². The first kappa shape index (κ1) is 19.9. The highest BCUT2D eigenvalue weighted by atomic mass is 32.2. The van der Waals surface area contributed by atoms with Gasteiger partial charge in [0.1, 0.15) is 0 Å². The van der Waals surface area contributed by atoms with E-state index in [4.69, 9.17) is 0 Å². The van der Waals surface area contributed by atoms with E-state index in [0.29, 0.717) is 24.0 Å². The van der Waals surface area contributed by atoms with Crippen molar-refractivity contribution in [3.8, 4) is 11.1 Å². The molecule has 1 aliphatic heterocycles. The summed E-state index contributed by atoms with van der Waals surface area (Å²) in [6, 6.07) is 15.8. The van der Waals surface area contributed by atoms with Gasteiger partial charge in [-0.3, -0.25) is 0 Å². The average molecular weight is 388 g/mol. The van der Waals surface area contributed by atoms with Crippen molar-refractivity contribution in [3.05, 3.63) is 48.5 Å². The number of sulfonamides is 1. The molecule has 1 heterocycles. The molecular weight excluding hydrogens is 358 g/mol. The smallest absolute Gasteiger partial charge is 0.243 e. The molecule has 2 aromatic carbocycles. The van der Waals surface area contributed by atoms with Gasteiger partial charge < -0.3 is 10.6 Å². The third-order valence-corrected chi connectivity index (χ3v) is 7.22. The number of nitrogens with zero attached hydrogens (tertiary/aromatic N) is 1. The number of benzene rings is 2. The summed E-state index contributed by atoms with van der Waals surface area (Å²) in [6.45, 7) is 6.76. The van der Waals surface area contributed by atoms with Crippen LogP contribution in [0.25, 0.3) is 11.1 Å². The number of anilines is 1. The molecule has 0 aromatic heterocycles. The molecule has 2 N–H and O–H groups in total. The summed E-state index contributed by atoms with van der Waals surface area (Å²) < 4.78 is 27.6. The molecule has 146 valence electrons. The van der Waals surface area contributed by atoms with Crippen molar-refractivity contribution in [2.45, 2.75) is 37.6 Å². The molecule has 27 heavy (non-hydrogen) atoms. The molecule has 0 atom stereocenters. The van der Waals surface area contributed by atoms with Gasteiger partial charge in [0.2, 0.25) is 10.0 Å². The van der Waals surface area contributed by atoms with Crippen molar-refractivity contribution in [1.29, 1.82) is 0 Å². The molecule has 0 bridgehead atoms. The topological polar surface area (TPSA) is 61.4 Å². The van der Waals surface area contributed by atoms with E-state index in [1.807, 2.05) is 50.2 Å². The number of piperidine rings is 1. The van der Waals surface area contributed by atoms with Crippen LogP contribution in [-0.2, 0) is 10.0 Å². The van der Waals surface area contributed by atoms with Gasteiger partial charge in [0.25, 0.3) is 0 Å². The fraction of sp³-hybridized carbons (Fsp3) is 0.429. The summed E-state index contributed by atoms with van der Waals surface area (Å²) in [5.74, 6) is 0. The Kier molecular flexibility index (Phi) is 6.52. The summed E-state index contributed by atoms with van der Waals surface area (Å²) >= 11 is 0. The van der Waals surface area contributed by atoms with Gasteiger partial charge in [-0.05, 0) is 49.7 Å². The summed E-state index contributed by atoms with van der Waals surface area (Å²) in [5.41, 5.74) is 2.74. The Morgan fingerprint density at radius 2 is 1.63 bits per heavy atom. The lowest BCUT2D eigenvalue weighted by atomic mass is 10.0. The van der Waals surface area contributed by atoms with E-state index < -0.39 is 10.0 Å². The zero-order chi connectivity index (χ0) is 19.3. The van der Waals surface area contributed by atoms with Gasteiger partial charge >= 0.3 is 0 Å². The van der Waals surface area contributed by atoms with Crippen LogP contribution in [0.2, 0.25) is 0 Å². The molecule has 6 heteroatoms. The Morgan fingerprint density at radius 1 is 1.00 bits per heavy atom. The normalized spacial score (nSPS) is 15.8. The monoisotopic (exact) mass is 387 g/mol. The maximum absolute atomic E-state index is 13.0. The highest BCUT2D eigenvalue weighted by Gasteiger charge is 2.24. The maximum Gasteiger partial charge on any atom is 0.243 e. The second-order valence-electron chi connectivity index (χ2n) is 6.83. The average Bonchev–Trinajstić information content (AvgIpc) is 2.70. The minimum absolute atomic E-state index is 0.368. The van der Waals surface area contributed by atoms with Crippen molar-refractivity contribution < 1.29 is 8.42 Å². The molecule has 1 aliphatic rings. The molecule has 0 unspecified atom stereocenters. The standard InChI is InChI=1S/C21H29N3O2S/c1-3-24(4-2)27(25,26)21-8-6-5-7-20(21)17-9-11-18(12-10-17)23-19-13-15-22-16-14-19/h5-12,19,22-23H,3-4,13-16H2,1-2H3. The van der Waals surface area contributed by atoms with Crippen molar-refractivity contribution in [1.82, 2.24) is 9.62 Å². The number of rotatable bonds is 7. The van der Waals surface area contributed by atoms with E-state index in [9.17, 15) is 8.42 Å². The van der Waals surface area contributed by atoms with Gasteiger partial charge in [-0.15, -0.1) is 0 Å². The Labute approximate surface area is 162 Å². The third kappa shape index (κ3) is 4.51. The minimum atomic E-state index is -3.50. The lowest BCUT2D eigenvalue weighted by Crippen LogP contribution is -2.35. The van der Waals surface area contributed by atoms with E-state index in [1.165, 1.54) is 4.31 Å². The molecule has 0 saturated carbocycles. The first-order valence-electron chi connectivity index (χ1n) is 9.73. The fourth-order valence-electron chi connectivity index (χ4n) is 3.58. The van der Waals surface area contributed by atoms with E-state index in [0.717, 1.165) is 42.7 Å². The van der Waals surface area contributed by atoms with Gasteiger partial charge in [-0.2, -0.15) is 4.31 Å². The molecule has 2 aromatic rings. The molecular formula is C21H29N3O2S. The summed E-state index contributed by atoms with van der Waals surface area (Å²) in [7, 11) is -3.50. The van der Waals surface area contributed by atoms with E-state index in [-0.39, 0.29) is 0 Å². The molecule has 5 nitrogen and oxygen atoms in total. The molecule has 0 aliphatic carbocycles. The zero-order valence-corrected chi connectivity index (χ0v) is 16.9. The summed E-state index contributed by atoms with van der Waals surface area (Å²) in [5, 5.41) is 6.94. The van der Waals surface area contributed by atoms with Gasteiger partial charge in [0.15, 0.2) is 0 Å². The van der Waals surface area contributed by atoms with Crippen LogP contribution in [-0.4, -0.2) is 44.9 Å². The second kappa shape index (κ2) is 8.87. The van der Waals surface area contributed by atoms with Gasteiger partial charge in [0.05, 0.1) is 4.90 Å².